The van der Waals surface area contributed by atoms with Crippen LogP contribution in [-0.4, -0.2) is 7.05 Å². The average molecular weight is 195 g/mol. The molecule has 1 aromatic rings. The Hall–Kier alpha value is -1.05. The topological polar surface area (TPSA) is 12.0 Å². The predicted molar refractivity (Wildman–Crippen MR) is 59.2 cm³/mol. The highest BCUT2D eigenvalue weighted by Crippen LogP contribution is 2.30. The van der Waals surface area contributed by atoms with Crippen molar-refractivity contribution in [1.29, 1.82) is 0 Å². The summed E-state index contributed by atoms with van der Waals surface area (Å²) in [5.41, 5.74) is 2.08. The fraction of sp³-hybridized carbons (Fsp3) is 0.500. The van der Waals surface area contributed by atoms with Gasteiger partial charge in [0.1, 0.15) is 5.82 Å². The van der Waals surface area contributed by atoms with Crippen molar-refractivity contribution < 1.29 is 4.39 Å². The third kappa shape index (κ3) is 2.25. The molecule has 78 valence electrons. The van der Waals surface area contributed by atoms with Gasteiger partial charge in [-0.2, -0.15) is 0 Å². The Morgan fingerprint density at radius 2 is 1.86 bits per heavy atom. The second kappa shape index (κ2) is 4.45. The molecule has 0 radical (unpaired) electrons. The van der Waals surface area contributed by atoms with E-state index in [1.54, 1.807) is 12.1 Å². The maximum absolute atomic E-state index is 13.1. The van der Waals surface area contributed by atoms with Gasteiger partial charge in [0.25, 0.3) is 0 Å². The van der Waals surface area contributed by atoms with Crippen LogP contribution < -0.4 is 5.32 Å². The van der Waals surface area contributed by atoms with Gasteiger partial charge in [0, 0.05) is 12.7 Å². The Morgan fingerprint density at radius 3 is 2.36 bits per heavy atom. The lowest BCUT2D eigenvalue weighted by molar-refractivity contribution is 0.531. The Balaban J connectivity index is 3.10. The highest BCUT2D eigenvalue weighted by Gasteiger charge is 2.14. The van der Waals surface area contributed by atoms with Crippen LogP contribution in [0.4, 0.5) is 10.1 Å². The quantitative estimate of drug-likeness (QED) is 0.776. The number of rotatable bonds is 3. The zero-order valence-corrected chi connectivity index (χ0v) is 9.26. The maximum Gasteiger partial charge on any atom is 0.123 e. The molecule has 0 aliphatic carbocycles. The molecule has 0 aliphatic rings. The van der Waals surface area contributed by atoms with E-state index in [1.807, 2.05) is 7.05 Å². The van der Waals surface area contributed by atoms with Crippen molar-refractivity contribution in [3.63, 3.8) is 0 Å². The minimum Gasteiger partial charge on any atom is -0.388 e. The highest BCUT2D eigenvalue weighted by molar-refractivity contribution is 5.52. The van der Waals surface area contributed by atoms with Crippen molar-refractivity contribution >= 4 is 5.69 Å². The Kier molecular flexibility index (Phi) is 3.50. The first-order chi connectivity index (χ1) is 6.56. The van der Waals surface area contributed by atoms with Gasteiger partial charge in [-0.05, 0) is 35.6 Å². The highest BCUT2D eigenvalue weighted by atomic mass is 19.1. The normalized spacial score (nSPS) is 13.0. The van der Waals surface area contributed by atoms with Gasteiger partial charge in [-0.15, -0.1) is 0 Å². The molecule has 0 fully saturated rings. The summed E-state index contributed by atoms with van der Waals surface area (Å²) in [6.07, 6.45) is 0. The van der Waals surface area contributed by atoms with Crippen molar-refractivity contribution in [2.45, 2.75) is 26.7 Å². The molecule has 0 bridgehead atoms. The fourth-order valence-corrected chi connectivity index (χ4v) is 1.50. The largest absolute Gasteiger partial charge is 0.388 e. The summed E-state index contributed by atoms with van der Waals surface area (Å²) in [7, 11) is 1.86. The summed E-state index contributed by atoms with van der Waals surface area (Å²) in [5.74, 6) is 0.726. The first-order valence-electron chi connectivity index (χ1n) is 5.03. The molecule has 1 aromatic carbocycles. The number of nitrogens with one attached hydrogen (secondary N) is 1. The second-order valence-electron chi connectivity index (χ2n) is 4.01. The molecular weight excluding hydrogens is 177 g/mol. The molecule has 0 aromatic heterocycles. The van der Waals surface area contributed by atoms with E-state index < -0.39 is 0 Å². The van der Waals surface area contributed by atoms with Gasteiger partial charge in [0.05, 0.1) is 0 Å². The Morgan fingerprint density at radius 1 is 1.21 bits per heavy atom. The number of anilines is 1. The monoisotopic (exact) mass is 195 g/mol. The van der Waals surface area contributed by atoms with Crippen LogP contribution in [0.2, 0.25) is 0 Å². The third-order valence-corrected chi connectivity index (χ3v) is 2.77. The summed E-state index contributed by atoms with van der Waals surface area (Å²) in [6.45, 7) is 6.42. The standard InChI is InChI=1S/C12H18FN/c1-8(2)9(3)11-7-10(13)5-6-12(11)14-4/h5-9,14H,1-4H3. The molecule has 1 atom stereocenters. The van der Waals surface area contributed by atoms with Gasteiger partial charge >= 0.3 is 0 Å². The molecule has 14 heavy (non-hydrogen) atoms. The van der Waals surface area contributed by atoms with E-state index in [0.717, 1.165) is 11.3 Å². The summed E-state index contributed by atoms with van der Waals surface area (Å²) < 4.78 is 13.1. The van der Waals surface area contributed by atoms with Crippen molar-refractivity contribution in [2.75, 3.05) is 12.4 Å². The van der Waals surface area contributed by atoms with Crippen molar-refractivity contribution in [3.05, 3.63) is 29.6 Å². The molecule has 1 N–H and O–H groups in total. The van der Waals surface area contributed by atoms with Gasteiger partial charge in [-0.3, -0.25) is 0 Å². The van der Waals surface area contributed by atoms with Crippen LogP contribution in [0.1, 0.15) is 32.3 Å². The number of hydrogen-bond donors (Lipinski definition) is 1. The second-order valence-corrected chi connectivity index (χ2v) is 4.01. The molecule has 0 amide bonds. The average Bonchev–Trinajstić information content (AvgIpc) is 2.16. The molecule has 0 saturated heterocycles. The molecule has 1 rings (SSSR count). The SMILES string of the molecule is CNc1ccc(F)cc1C(C)C(C)C. The lowest BCUT2D eigenvalue weighted by Crippen LogP contribution is -2.06. The summed E-state index contributed by atoms with van der Waals surface area (Å²) in [4.78, 5) is 0. The lowest BCUT2D eigenvalue weighted by atomic mass is 9.89. The molecule has 0 spiro atoms. The van der Waals surface area contributed by atoms with E-state index in [1.165, 1.54) is 6.07 Å². The van der Waals surface area contributed by atoms with Crippen LogP contribution in [-0.2, 0) is 0 Å². The molecule has 0 aliphatic heterocycles. The van der Waals surface area contributed by atoms with Gasteiger partial charge < -0.3 is 5.32 Å². The maximum atomic E-state index is 13.1. The third-order valence-electron chi connectivity index (χ3n) is 2.77. The van der Waals surface area contributed by atoms with Crippen LogP contribution >= 0.6 is 0 Å². The lowest BCUT2D eigenvalue weighted by Gasteiger charge is -2.19. The van der Waals surface area contributed by atoms with E-state index >= 15 is 0 Å². The van der Waals surface area contributed by atoms with Crippen LogP contribution in [0.3, 0.4) is 0 Å². The van der Waals surface area contributed by atoms with Crippen LogP contribution in [0.25, 0.3) is 0 Å². The first kappa shape index (κ1) is 11.0. The zero-order valence-electron chi connectivity index (χ0n) is 9.26. The van der Waals surface area contributed by atoms with E-state index in [0.29, 0.717) is 11.8 Å². The Labute approximate surface area is 85.3 Å². The van der Waals surface area contributed by atoms with E-state index in [4.69, 9.17) is 0 Å². The van der Waals surface area contributed by atoms with Crippen LogP contribution in [0, 0.1) is 11.7 Å². The molecule has 1 unspecified atom stereocenters. The minimum atomic E-state index is -0.161. The minimum absolute atomic E-state index is 0.161. The van der Waals surface area contributed by atoms with E-state index in [-0.39, 0.29) is 5.82 Å². The molecule has 1 nitrogen and oxygen atoms in total. The van der Waals surface area contributed by atoms with E-state index in [9.17, 15) is 4.39 Å². The number of hydrogen-bond acceptors (Lipinski definition) is 1. The Bertz CT molecular complexity index is 307. The summed E-state index contributed by atoms with van der Waals surface area (Å²) >= 11 is 0. The van der Waals surface area contributed by atoms with Crippen molar-refractivity contribution in [3.8, 4) is 0 Å². The molecule has 0 saturated carbocycles. The van der Waals surface area contributed by atoms with E-state index in [2.05, 4.69) is 26.1 Å². The van der Waals surface area contributed by atoms with Crippen molar-refractivity contribution in [1.82, 2.24) is 0 Å². The van der Waals surface area contributed by atoms with Gasteiger partial charge in [0.2, 0.25) is 0 Å². The fourth-order valence-electron chi connectivity index (χ4n) is 1.50. The van der Waals surface area contributed by atoms with Gasteiger partial charge in [0.15, 0.2) is 0 Å². The summed E-state index contributed by atoms with van der Waals surface area (Å²) in [6, 6.07) is 4.91. The van der Waals surface area contributed by atoms with Gasteiger partial charge in [-0.1, -0.05) is 20.8 Å². The smallest absolute Gasteiger partial charge is 0.123 e. The van der Waals surface area contributed by atoms with Crippen molar-refractivity contribution in [2.24, 2.45) is 5.92 Å². The molecular formula is C12H18FN. The van der Waals surface area contributed by atoms with Crippen LogP contribution in [0.5, 0.6) is 0 Å². The van der Waals surface area contributed by atoms with Gasteiger partial charge in [-0.25, -0.2) is 4.39 Å². The molecule has 2 heteroatoms. The molecule has 0 heterocycles. The predicted octanol–water partition coefficient (Wildman–Crippen LogP) is 3.63. The number of halogens is 1. The first-order valence-corrected chi connectivity index (χ1v) is 5.03. The zero-order chi connectivity index (χ0) is 10.7. The summed E-state index contributed by atoms with van der Waals surface area (Å²) in [5, 5.41) is 3.09. The van der Waals surface area contributed by atoms with Crippen LogP contribution in [0.15, 0.2) is 18.2 Å². The number of benzene rings is 1.